The van der Waals surface area contributed by atoms with Gasteiger partial charge in [0.15, 0.2) is 0 Å². The molecule has 3 rings (SSSR count). The number of ether oxygens (including phenoxy) is 1. The Morgan fingerprint density at radius 1 is 1.34 bits per heavy atom. The summed E-state index contributed by atoms with van der Waals surface area (Å²) in [5.41, 5.74) is 6.59. The van der Waals surface area contributed by atoms with E-state index < -0.39 is 16.1 Å². The van der Waals surface area contributed by atoms with E-state index in [1.54, 1.807) is 12.1 Å². The maximum Gasteiger partial charge on any atom is 0.209 e. The van der Waals surface area contributed by atoms with E-state index in [9.17, 15) is 4.55 Å². The third kappa shape index (κ3) is 6.21. The summed E-state index contributed by atoms with van der Waals surface area (Å²) < 4.78 is 21.9. The minimum Gasteiger partial charge on any atom is -0.598 e. The maximum atomic E-state index is 13.1. The van der Waals surface area contributed by atoms with Crippen molar-refractivity contribution < 1.29 is 9.29 Å². The molecule has 2 heterocycles. The number of hydrogen-bond donors (Lipinski definition) is 2. The number of nitrogens with zero attached hydrogens (tertiary/aromatic N) is 3. The van der Waals surface area contributed by atoms with Gasteiger partial charge in [0.2, 0.25) is 10.3 Å². The van der Waals surface area contributed by atoms with Crippen molar-refractivity contribution in [1.82, 2.24) is 14.9 Å². The van der Waals surface area contributed by atoms with E-state index in [4.69, 9.17) is 33.7 Å². The van der Waals surface area contributed by atoms with Crippen molar-refractivity contribution in [3.8, 4) is 5.75 Å². The average Bonchev–Trinajstić information content (AvgIpc) is 3.18. The van der Waals surface area contributed by atoms with E-state index in [0.717, 1.165) is 36.6 Å². The number of nitrogens with two attached hydrogens (primary N) is 1. The van der Waals surface area contributed by atoms with Crippen molar-refractivity contribution in [2.45, 2.75) is 44.4 Å². The van der Waals surface area contributed by atoms with Crippen molar-refractivity contribution in [3.63, 3.8) is 0 Å². The van der Waals surface area contributed by atoms with Crippen molar-refractivity contribution in [3.05, 3.63) is 40.4 Å². The number of rotatable bonds is 8. The highest BCUT2D eigenvalue weighted by Crippen LogP contribution is 2.41. The predicted octanol–water partition coefficient (Wildman–Crippen LogP) is 5.00. The third-order valence-electron chi connectivity index (χ3n) is 5.25. The average molecular weight is 519 g/mol. The fourth-order valence-corrected chi connectivity index (χ4v) is 5.44. The van der Waals surface area contributed by atoms with Gasteiger partial charge in [0.25, 0.3) is 0 Å². The maximum absolute atomic E-state index is 13.1. The highest BCUT2D eigenvalue weighted by molar-refractivity contribution is 7.90. The lowest BCUT2D eigenvalue weighted by atomic mass is 9.85. The number of piperidine rings is 1. The monoisotopic (exact) mass is 517 g/mol. The molecule has 176 valence electrons. The second-order valence-corrected chi connectivity index (χ2v) is 12.4. The summed E-state index contributed by atoms with van der Waals surface area (Å²) in [6.07, 6.45) is 3.40. The molecule has 1 aliphatic heterocycles. The fourth-order valence-electron chi connectivity index (χ4n) is 3.54. The van der Waals surface area contributed by atoms with Gasteiger partial charge in [-0.3, -0.25) is 0 Å². The Kier molecular flexibility index (Phi) is 8.57. The second kappa shape index (κ2) is 10.8. The van der Waals surface area contributed by atoms with Gasteiger partial charge in [-0.1, -0.05) is 47.2 Å². The first-order valence-electron chi connectivity index (χ1n) is 10.3. The Morgan fingerprint density at radius 2 is 2.00 bits per heavy atom. The lowest BCUT2D eigenvalue weighted by Gasteiger charge is -2.38. The highest BCUT2D eigenvalue weighted by atomic mass is 35.5. The zero-order valence-electron chi connectivity index (χ0n) is 18.4. The van der Waals surface area contributed by atoms with E-state index >= 15 is 0 Å². The molecule has 0 bridgehead atoms. The molecule has 2 atom stereocenters. The number of aromatic nitrogens is 2. The van der Waals surface area contributed by atoms with Crippen LogP contribution in [0.2, 0.25) is 10.0 Å². The Balaban J connectivity index is 1.89. The van der Waals surface area contributed by atoms with E-state index in [-0.39, 0.29) is 12.0 Å². The second-order valence-electron chi connectivity index (χ2n) is 8.63. The highest BCUT2D eigenvalue weighted by Gasteiger charge is 2.37. The van der Waals surface area contributed by atoms with Crippen LogP contribution in [0.4, 0.5) is 10.3 Å². The summed E-state index contributed by atoms with van der Waals surface area (Å²) in [6.45, 7) is 11.5. The lowest BCUT2D eigenvalue weighted by molar-refractivity contribution is 0.306. The van der Waals surface area contributed by atoms with Crippen LogP contribution in [0.5, 0.6) is 5.75 Å². The Bertz CT molecular complexity index is 929. The normalized spacial score (nSPS) is 17.2. The molecular formula is C21H29Cl2N5O2S2. The number of nitrogens with one attached hydrogen (secondary N) is 1. The van der Waals surface area contributed by atoms with Crippen molar-refractivity contribution in [2.24, 2.45) is 5.92 Å². The van der Waals surface area contributed by atoms with Crippen LogP contribution < -0.4 is 20.1 Å². The zero-order valence-corrected chi connectivity index (χ0v) is 21.6. The molecule has 0 spiro atoms. The molecule has 3 N–H and O–H groups in total. The predicted molar refractivity (Wildman–Crippen MR) is 135 cm³/mol. The topological polar surface area (TPSA) is 99.4 Å². The van der Waals surface area contributed by atoms with Gasteiger partial charge >= 0.3 is 0 Å². The van der Waals surface area contributed by atoms with E-state index in [2.05, 4.69) is 26.4 Å². The van der Waals surface area contributed by atoms with Gasteiger partial charge < -0.3 is 19.9 Å². The van der Waals surface area contributed by atoms with E-state index in [1.807, 2.05) is 26.8 Å². The van der Waals surface area contributed by atoms with Gasteiger partial charge in [-0.15, -0.1) is 14.9 Å². The molecular weight excluding hydrogens is 489 g/mol. The van der Waals surface area contributed by atoms with Gasteiger partial charge in [0.1, 0.15) is 17.1 Å². The molecule has 32 heavy (non-hydrogen) atoms. The summed E-state index contributed by atoms with van der Waals surface area (Å²) in [4.78, 5) is 2.19. The van der Waals surface area contributed by atoms with Crippen LogP contribution in [0.15, 0.2) is 24.8 Å². The molecule has 1 aromatic carbocycles. The summed E-state index contributed by atoms with van der Waals surface area (Å²) in [6, 6.07) is 3.31. The lowest BCUT2D eigenvalue weighted by Crippen LogP contribution is -2.45. The molecule has 0 aliphatic carbocycles. The quantitative estimate of drug-likeness (QED) is 0.375. The molecule has 1 fully saturated rings. The molecule has 11 heteroatoms. The Labute approximate surface area is 206 Å². The van der Waals surface area contributed by atoms with Crippen LogP contribution in [-0.4, -0.2) is 39.2 Å². The van der Waals surface area contributed by atoms with Crippen LogP contribution in [0.25, 0.3) is 0 Å². The van der Waals surface area contributed by atoms with Crippen LogP contribution in [0, 0.1) is 5.92 Å². The Hall–Kier alpha value is -1.23. The first-order valence-corrected chi connectivity index (χ1v) is 13.1. The van der Waals surface area contributed by atoms with Crippen LogP contribution >= 0.6 is 34.5 Å². The van der Waals surface area contributed by atoms with Crippen molar-refractivity contribution in [1.29, 1.82) is 0 Å². The molecule has 0 radical (unpaired) electrons. The SMILES string of the molecule is C=CCOc1cc(Cl)c(Cl)cc1C(N[S@@+]([O-])C(C)(C)C)C1CCN(c2nnc(N)s2)CC1. The molecule has 1 aliphatic rings. The van der Waals surface area contributed by atoms with Gasteiger partial charge in [-0.05, 0) is 45.6 Å². The van der Waals surface area contributed by atoms with Gasteiger partial charge in [-0.2, -0.15) is 0 Å². The summed E-state index contributed by atoms with van der Waals surface area (Å²) >= 11 is 12.8. The third-order valence-corrected chi connectivity index (χ3v) is 8.36. The van der Waals surface area contributed by atoms with Crippen LogP contribution in [-0.2, 0) is 11.4 Å². The number of anilines is 2. The summed E-state index contributed by atoms with van der Waals surface area (Å²) in [5, 5.41) is 10.2. The Morgan fingerprint density at radius 3 is 2.56 bits per heavy atom. The molecule has 1 saturated heterocycles. The molecule has 2 aromatic rings. The molecule has 0 saturated carbocycles. The largest absolute Gasteiger partial charge is 0.598 e. The van der Waals surface area contributed by atoms with Gasteiger partial charge in [0, 0.05) is 36.1 Å². The number of benzene rings is 1. The van der Waals surface area contributed by atoms with Crippen LogP contribution in [0.3, 0.4) is 0 Å². The number of hydrogen-bond acceptors (Lipinski definition) is 8. The van der Waals surface area contributed by atoms with Crippen molar-refractivity contribution >= 4 is 56.2 Å². The fraction of sp³-hybridized carbons (Fsp3) is 0.524. The molecule has 0 amide bonds. The number of nitrogen functional groups attached to an aromatic ring is 1. The summed E-state index contributed by atoms with van der Waals surface area (Å²) in [5.74, 6) is 0.813. The van der Waals surface area contributed by atoms with Gasteiger partial charge in [-0.25, -0.2) is 0 Å². The van der Waals surface area contributed by atoms with Gasteiger partial charge in [0.05, 0.1) is 16.1 Å². The first kappa shape index (κ1) is 25.4. The van der Waals surface area contributed by atoms with Crippen molar-refractivity contribution in [2.75, 3.05) is 30.3 Å². The number of halogens is 2. The molecule has 7 nitrogen and oxygen atoms in total. The summed E-state index contributed by atoms with van der Waals surface area (Å²) in [7, 11) is 0. The van der Waals surface area contributed by atoms with E-state index in [0.29, 0.717) is 27.5 Å². The molecule has 1 unspecified atom stereocenters. The smallest absolute Gasteiger partial charge is 0.209 e. The van der Waals surface area contributed by atoms with E-state index in [1.165, 1.54) is 11.3 Å². The van der Waals surface area contributed by atoms with Crippen LogP contribution in [0.1, 0.15) is 45.2 Å². The zero-order chi connectivity index (χ0) is 23.5. The first-order chi connectivity index (χ1) is 15.1. The minimum absolute atomic E-state index is 0.200. The molecule has 1 aromatic heterocycles. The standard InChI is InChI=1S/C21H29Cl2N5O2S2/c1-5-10-30-17-12-16(23)15(22)11-14(17)18(27-32(29)21(2,3)4)13-6-8-28(9-7-13)20-26-25-19(24)31-20/h5,11-13,18,27H,1,6-10H2,2-4H3,(H2,24,25)/t18?,32-/m0/s1. The minimum atomic E-state index is -1.29.